The van der Waals surface area contributed by atoms with Gasteiger partial charge in [0.15, 0.2) is 0 Å². The molecule has 24 heavy (non-hydrogen) atoms. The van der Waals surface area contributed by atoms with Crippen molar-refractivity contribution in [3.8, 4) is 0 Å². The molecule has 2 aliphatic heterocycles. The molecule has 4 nitrogen and oxygen atoms in total. The van der Waals surface area contributed by atoms with Gasteiger partial charge in [0.1, 0.15) is 11.9 Å². The van der Waals surface area contributed by atoms with Crippen molar-refractivity contribution in [3.05, 3.63) is 59.4 Å². The van der Waals surface area contributed by atoms with Gasteiger partial charge in [-0.05, 0) is 35.7 Å². The van der Waals surface area contributed by atoms with Gasteiger partial charge < -0.3 is 9.64 Å². The molecule has 2 heterocycles. The Kier molecular flexibility index (Phi) is 3.63. The molecular weight excluding hydrogens is 307 g/mol. The van der Waals surface area contributed by atoms with Gasteiger partial charge in [-0.25, -0.2) is 9.18 Å². The lowest BCUT2D eigenvalue weighted by Crippen LogP contribution is -2.25. The fraction of sp³-hybridized carbons (Fsp3) is 0.316. The number of hydrogen-bond donors (Lipinski definition) is 0. The van der Waals surface area contributed by atoms with Crippen molar-refractivity contribution in [2.75, 3.05) is 16.3 Å². The predicted molar refractivity (Wildman–Crippen MR) is 90.6 cm³/mol. The van der Waals surface area contributed by atoms with E-state index < -0.39 is 6.09 Å². The molecule has 1 atom stereocenters. The Hall–Kier alpha value is -2.56. The predicted octanol–water partition coefficient (Wildman–Crippen LogP) is 4.08. The molecule has 0 aliphatic carbocycles. The number of fused-ring (bicyclic) bond motifs is 1. The van der Waals surface area contributed by atoms with Crippen LogP contribution in [-0.2, 0) is 17.8 Å². The van der Waals surface area contributed by atoms with E-state index in [-0.39, 0.29) is 11.9 Å². The average Bonchev–Trinajstić information content (AvgIpc) is 3.17. The zero-order valence-electron chi connectivity index (χ0n) is 13.5. The van der Waals surface area contributed by atoms with Gasteiger partial charge in [0.2, 0.25) is 0 Å². The number of anilines is 2. The van der Waals surface area contributed by atoms with Crippen LogP contribution in [0, 0.1) is 5.82 Å². The smallest absolute Gasteiger partial charge is 0.414 e. The van der Waals surface area contributed by atoms with Crippen LogP contribution in [0.5, 0.6) is 0 Å². The van der Waals surface area contributed by atoms with Crippen LogP contribution in [0.15, 0.2) is 42.5 Å². The van der Waals surface area contributed by atoms with Crippen molar-refractivity contribution in [1.29, 1.82) is 0 Å². The third kappa shape index (κ3) is 2.50. The number of ether oxygens (including phenoxy) is 1. The molecular formula is C19H19FN2O2. The second-order valence-corrected chi connectivity index (χ2v) is 6.29. The first-order valence-electron chi connectivity index (χ1n) is 8.25. The van der Waals surface area contributed by atoms with Gasteiger partial charge in [0.25, 0.3) is 0 Å². The quantitative estimate of drug-likeness (QED) is 0.852. The molecule has 0 bridgehead atoms. The Morgan fingerprint density at radius 3 is 2.46 bits per heavy atom. The number of carbonyl (C=O) groups is 1. The maximum atomic E-state index is 14.7. The monoisotopic (exact) mass is 326 g/mol. The summed E-state index contributed by atoms with van der Waals surface area (Å²) in [4.78, 5) is 15.4. The topological polar surface area (TPSA) is 32.8 Å². The lowest BCUT2D eigenvalue weighted by molar-refractivity contribution is 0.139. The number of halogens is 1. The molecule has 4 rings (SSSR count). The number of cyclic esters (lactones) is 1. The summed E-state index contributed by atoms with van der Waals surface area (Å²) in [5.41, 5.74) is 3.58. The van der Waals surface area contributed by atoms with Gasteiger partial charge in [-0.2, -0.15) is 0 Å². The van der Waals surface area contributed by atoms with Gasteiger partial charge in [0.05, 0.1) is 17.9 Å². The van der Waals surface area contributed by atoms with Crippen LogP contribution in [0.25, 0.3) is 0 Å². The Balaban J connectivity index is 1.57. The molecule has 1 saturated heterocycles. The molecule has 0 radical (unpaired) electrons. The summed E-state index contributed by atoms with van der Waals surface area (Å²) >= 11 is 0. The lowest BCUT2D eigenvalue weighted by Gasteiger charge is -2.20. The average molecular weight is 326 g/mol. The Bertz CT molecular complexity index is 768. The molecule has 5 heteroatoms. The standard InChI is InChI=1S/C19H19FN2O2/c1-2-16-12-22(19(23)24-16)15-7-8-18(17(20)9-15)21-10-13-5-3-4-6-14(13)11-21/h3-9,16H,2,10-12H2,1H3/t16-/m0/s1. The molecule has 0 spiro atoms. The molecule has 1 fully saturated rings. The third-order valence-corrected chi connectivity index (χ3v) is 4.75. The minimum absolute atomic E-state index is 0.117. The van der Waals surface area contributed by atoms with E-state index in [4.69, 9.17) is 4.74 Å². The Labute approximate surface area is 140 Å². The molecule has 0 N–H and O–H groups in total. The van der Waals surface area contributed by atoms with Gasteiger partial charge in [-0.1, -0.05) is 31.2 Å². The highest BCUT2D eigenvalue weighted by atomic mass is 19.1. The molecule has 2 aromatic rings. The van der Waals surface area contributed by atoms with Crippen LogP contribution in [-0.4, -0.2) is 18.7 Å². The second kappa shape index (κ2) is 5.82. The summed E-state index contributed by atoms with van der Waals surface area (Å²) in [6.07, 6.45) is 0.241. The van der Waals surface area contributed by atoms with Crippen LogP contribution < -0.4 is 9.80 Å². The van der Waals surface area contributed by atoms with Crippen molar-refractivity contribution < 1.29 is 13.9 Å². The van der Waals surface area contributed by atoms with Crippen LogP contribution in [0.4, 0.5) is 20.6 Å². The first-order valence-corrected chi connectivity index (χ1v) is 8.25. The maximum Gasteiger partial charge on any atom is 0.414 e. The zero-order chi connectivity index (χ0) is 16.7. The van der Waals surface area contributed by atoms with Crippen LogP contribution in [0.1, 0.15) is 24.5 Å². The minimum Gasteiger partial charge on any atom is -0.444 e. The summed E-state index contributed by atoms with van der Waals surface area (Å²) in [7, 11) is 0. The second-order valence-electron chi connectivity index (χ2n) is 6.29. The molecule has 1 amide bonds. The van der Waals surface area contributed by atoms with Gasteiger partial charge in [-0.15, -0.1) is 0 Å². The van der Waals surface area contributed by atoms with Crippen molar-refractivity contribution >= 4 is 17.5 Å². The highest BCUT2D eigenvalue weighted by molar-refractivity contribution is 5.90. The minimum atomic E-state index is -0.400. The number of nitrogens with zero attached hydrogens (tertiary/aromatic N) is 2. The fourth-order valence-corrected chi connectivity index (χ4v) is 3.37. The van der Waals surface area contributed by atoms with E-state index in [9.17, 15) is 9.18 Å². The van der Waals surface area contributed by atoms with E-state index in [2.05, 4.69) is 12.1 Å². The summed E-state index contributed by atoms with van der Waals surface area (Å²) in [5, 5.41) is 0. The number of rotatable bonds is 3. The van der Waals surface area contributed by atoms with Crippen molar-refractivity contribution in [2.45, 2.75) is 32.5 Å². The number of amides is 1. The Morgan fingerprint density at radius 2 is 1.88 bits per heavy atom. The van der Waals surface area contributed by atoms with Crippen molar-refractivity contribution in [2.24, 2.45) is 0 Å². The van der Waals surface area contributed by atoms with Crippen LogP contribution in [0.3, 0.4) is 0 Å². The van der Waals surface area contributed by atoms with Crippen molar-refractivity contribution in [3.63, 3.8) is 0 Å². The molecule has 0 aromatic heterocycles. The molecule has 2 aliphatic rings. The van der Waals surface area contributed by atoms with Gasteiger partial charge in [-0.3, -0.25) is 4.90 Å². The number of benzene rings is 2. The molecule has 0 saturated carbocycles. The van der Waals surface area contributed by atoms with Gasteiger partial charge >= 0.3 is 6.09 Å². The first kappa shape index (κ1) is 15.0. The van der Waals surface area contributed by atoms with Crippen LogP contribution in [0.2, 0.25) is 0 Å². The number of carbonyl (C=O) groups excluding carboxylic acids is 1. The molecule has 0 unspecified atom stereocenters. The maximum absolute atomic E-state index is 14.7. The third-order valence-electron chi connectivity index (χ3n) is 4.75. The summed E-state index contributed by atoms with van der Waals surface area (Å²) in [6, 6.07) is 13.1. The zero-order valence-corrected chi connectivity index (χ0v) is 13.5. The normalized spacial score (nSPS) is 19.6. The van der Waals surface area contributed by atoms with E-state index in [0.29, 0.717) is 31.0 Å². The van der Waals surface area contributed by atoms with Crippen LogP contribution >= 0.6 is 0 Å². The van der Waals surface area contributed by atoms with E-state index in [1.165, 1.54) is 22.1 Å². The highest BCUT2D eigenvalue weighted by Gasteiger charge is 2.32. The van der Waals surface area contributed by atoms with E-state index in [1.807, 2.05) is 24.0 Å². The van der Waals surface area contributed by atoms with E-state index in [1.54, 1.807) is 12.1 Å². The Morgan fingerprint density at radius 1 is 1.17 bits per heavy atom. The first-order chi connectivity index (χ1) is 11.7. The highest BCUT2D eigenvalue weighted by Crippen LogP contribution is 2.33. The fourth-order valence-electron chi connectivity index (χ4n) is 3.37. The lowest BCUT2D eigenvalue weighted by atomic mass is 10.1. The SMILES string of the molecule is CC[C@H]1CN(c2ccc(N3Cc4ccccc4C3)c(F)c2)C(=O)O1. The van der Waals surface area contributed by atoms with E-state index in [0.717, 1.165) is 6.42 Å². The summed E-state index contributed by atoms with van der Waals surface area (Å²) in [6.45, 7) is 3.85. The number of hydrogen-bond acceptors (Lipinski definition) is 3. The van der Waals surface area contributed by atoms with E-state index >= 15 is 0 Å². The summed E-state index contributed by atoms with van der Waals surface area (Å²) in [5.74, 6) is -0.312. The molecule has 2 aromatic carbocycles. The largest absolute Gasteiger partial charge is 0.444 e. The van der Waals surface area contributed by atoms with Crippen molar-refractivity contribution in [1.82, 2.24) is 0 Å². The summed E-state index contributed by atoms with van der Waals surface area (Å²) < 4.78 is 19.9. The molecule has 124 valence electrons. The van der Waals surface area contributed by atoms with Gasteiger partial charge in [0, 0.05) is 13.1 Å².